The summed E-state index contributed by atoms with van der Waals surface area (Å²) in [7, 11) is 0. The van der Waals surface area contributed by atoms with E-state index in [1.807, 2.05) is 16.7 Å². The Hall–Kier alpha value is -1.40. The van der Waals surface area contributed by atoms with Gasteiger partial charge in [0.1, 0.15) is 11.8 Å². The molecule has 0 saturated carbocycles. The molecule has 5 nitrogen and oxygen atoms in total. The molecule has 7 heteroatoms. The van der Waals surface area contributed by atoms with Gasteiger partial charge in [0.2, 0.25) is 5.91 Å². The van der Waals surface area contributed by atoms with Crippen LogP contribution in [0.2, 0.25) is 5.02 Å². The minimum absolute atomic E-state index is 0.0695. The van der Waals surface area contributed by atoms with Crippen LogP contribution in [-0.4, -0.2) is 65.4 Å². The summed E-state index contributed by atoms with van der Waals surface area (Å²) >= 11 is 7.78. The van der Waals surface area contributed by atoms with Gasteiger partial charge in [-0.3, -0.25) is 9.59 Å². The van der Waals surface area contributed by atoms with Gasteiger partial charge in [-0.2, -0.15) is 11.8 Å². The number of carbonyl (C=O) groups is 2. The van der Waals surface area contributed by atoms with Gasteiger partial charge in [-0.15, -0.1) is 0 Å². The summed E-state index contributed by atoms with van der Waals surface area (Å²) in [6, 6.07) is 6.63. The maximum atomic E-state index is 12.7. The van der Waals surface area contributed by atoms with Crippen LogP contribution in [0.1, 0.15) is 12.8 Å². The Balaban J connectivity index is 1.57. The van der Waals surface area contributed by atoms with Crippen LogP contribution >= 0.6 is 23.4 Å². The molecule has 2 heterocycles. The summed E-state index contributed by atoms with van der Waals surface area (Å²) in [6.07, 6.45) is 1.60. The molecule has 1 aromatic rings. The van der Waals surface area contributed by atoms with Gasteiger partial charge in [0.05, 0.1) is 0 Å². The van der Waals surface area contributed by atoms with E-state index < -0.39 is 0 Å². The highest BCUT2D eigenvalue weighted by Gasteiger charge is 2.36. The van der Waals surface area contributed by atoms with Gasteiger partial charge in [-0.05, 0) is 31.0 Å². The van der Waals surface area contributed by atoms with Crippen LogP contribution in [0, 0.1) is 0 Å². The van der Waals surface area contributed by atoms with E-state index in [0.717, 1.165) is 37.4 Å². The maximum Gasteiger partial charge on any atom is 0.261 e. The lowest BCUT2D eigenvalue weighted by atomic mass is 10.2. The lowest BCUT2D eigenvalue weighted by Gasteiger charge is -2.32. The molecule has 0 bridgehead atoms. The van der Waals surface area contributed by atoms with Crippen molar-refractivity contribution in [3.8, 4) is 5.75 Å². The zero-order valence-electron chi connectivity index (χ0n) is 13.4. The molecule has 0 N–H and O–H groups in total. The standard InChI is InChI=1S/C17H21ClN2O3S/c18-13-3-1-4-14(11-13)23-12-16(21)20-6-2-5-15(20)17(22)19-7-9-24-10-8-19/h1,3-4,11,15H,2,5-10,12H2/t15-/m0/s1. The van der Waals surface area contributed by atoms with Crippen molar-refractivity contribution in [3.05, 3.63) is 29.3 Å². The molecule has 0 aromatic heterocycles. The average Bonchev–Trinajstić information content (AvgIpc) is 3.09. The Morgan fingerprint density at radius 1 is 1.25 bits per heavy atom. The van der Waals surface area contributed by atoms with E-state index in [-0.39, 0.29) is 24.5 Å². The average molecular weight is 369 g/mol. The van der Waals surface area contributed by atoms with Crippen LogP contribution in [0.4, 0.5) is 0 Å². The van der Waals surface area contributed by atoms with Crippen LogP contribution < -0.4 is 4.74 Å². The predicted molar refractivity (Wildman–Crippen MR) is 95.6 cm³/mol. The molecule has 2 aliphatic rings. The van der Waals surface area contributed by atoms with Crippen molar-refractivity contribution in [3.63, 3.8) is 0 Å². The molecular weight excluding hydrogens is 348 g/mol. The Morgan fingerprint density at radius 2 is 2.04 bits per heavy atom. The largest absolute Gasteiger partial charge is 0.484 e. The normalized spacial score (nSPS) is 21.0. The lowest BCUT2D eigenvalue weighted by molar-refractivity contribution is -0.144. The third-order valence-electron chi connectivity index (χ3n) is 4.34. The molecule has 0 aliphatic carbocycles. The Bertz CT molecular complexity index is 607. The fourth-order valence-corrected chi connectivity index (χ4v) is 4.18. The van der Waals surface area contributed by atoms with Gasteiger partial charge < -0.3 is 14.5 Å². The van der Waals surface area contributed by atoms with Crippen molar-refractivity contribution in [1.82, 2.24) is 9.80 Å². The second kappa shape index (κ2) is 8.12. The highest BCUT2D eigenvalue weighted by Crippen LogP contribution is 2.22. The molecular formula is C17H21ClN2O3S. The Kier molecular flexibility index (Phi) is 5.89. The first-order valence-electron chi connectivity index (χ1n) is 8.19. The summed E-state index contributed by atoms with van der Waals surface area (Å²) in [5.74, 6) is 2.46. The van der Waals surface area contributed by atoms with E-state index in [1.54, 1.807) is 29.2 Å². The van der Waals surface area contributed by atoms with Crippen LogP contribution in [0.5, 0.6) is 5.75 Å². The smallest absolute Gasteiger partial charge is 0.261 e. The third-order valence-corrected chi connectivity index (χ3v) is 5.52. The van der Waals surface area contributed by atoms with Crippen molar-refractivity contribution in [2.24, 2.45) is 0 Å². The summed E-state index contributed by atoms with van der Waals surface area (Å²) in [5, 5.41) is 0.567. The number of carbonyl (C=O) groups excluding carboxylic acids is 2. The molecule has 2 saturated heterocycles. The molecule has 0 radical (unpaired) electrons. The molecule has 2 amide bonds. The lowest BCUT2D eigenvalue weighted by Crippen LogP contribution is -2.50. The van der Waals surface area contributed by atoms with Crippen molar-refractivity contribution < 1.29 is 14.3 Å². The number of amides is 2. The fraction of sp³-hybridized carbons (Fsp3) is 0.529. The first-order valence-corrected chi connectivity index (χ1v) is 9.73. The Morgan fingerprint density at radius 3 is 2.79 bits per heavy atom. The van der Waals surface area contributed by atoms with E-state index in [1.165, 1.54) is 0 Å². The minimum atomic E-state index is -0.330. The molecule has 0 unspecified atom stereocenters. The van der Waals surface area contributed by atoms with Crippen LogP contribution in [0.25, 0.3) is 0 Å². The Labute approximate surface area is 151 Å². The molecule has 2 aliphatic heterocycles. The highest BCUT2D eigenvalue weighted by atomic mass is 35.5. The molecule has 2 fully saturated rings. The van der Waals surface area contributed by atoms with E-state index in [0.29, 0.717) is 17.3 Å². The van der Waals surface area contributed by atoms with E-state index in [2.05, 4.69) is 0 Å². The number of thioether (sulfide) groups is 1. The fourth-order valence-electron chi connectivity index (χ4n) is 3.10. The van der Waals surface area contributed by atoms with Crippen LogP contribution in [0.3, 0.4) is 0 Å². The molecule has 1 aromatic carbocycles. The van der Waals surface area contributed by atoms with Gasteiger partial charge in [-0.25, -0.2) is 0 Å². The van der Waals surface area contributed by atoms with Gasteiger partial charge in [-0.1, -0.05) is 17.7 Å². The SMILES string of the molecule is O=C([C@@H]1CCCN1C(=O)COc1cccc(Cl)c1)N1CCSCC1. The number of nitrogens with zero attached hydrogens (tertiary/aromatic N) is 2. The van der Waals surface area contributed by atoms with E-state index >= 15 is 0 Å². The zero-order valence-corrected chi connectivity index (χ0v) is 15.0. The minimum Gasteiger partial charge on any atom is -0.484 e. The second-order valence-electron chi connectivity index (χ2n) is 5.93. The number of likely N-dealkylation sites (tertiary alicyclic amines) is 1. The quantitative estimate of drug-likeness (QED) is 0.818. The van der Waals surface area contributed by atoms with Crippen LogP contribution in [0.15, 0.2) is 24.3 Å². The van der Waals surface area contributed by atoms with Crippen molar-refractivity contribution >= 4 is 35.2 Å². The van der Waals surface area contributed by atoms with Crippen molar-refractivity contribution in [2.75, 3.05) is 37.7 Å². The molecule has 0 spiro atoms. The van der Waals surface area contributed by atoms with E-state index in [4.69, 9.17) is 16.3 Å². The summed E-state index contributed by atoms with van der Waals surface area (Å²) in [4.78, 5) is 28.8. The van der Waals surface area contributed by atoms with Gasteiger partial charge >= 0.3 is 0 Å². The highest BCUT2D eigenvalue weighted by molar-refractivity contribution is 7.99. The number of hydrogen-bond acceptors (Lipinski definition) is 4. The molecule has 1 atom stereocenters. The second-order valence-corrected chi connectivity index (χ2v) is 7.59. The number of ether oxygens (including phenoxy) is 1. The van der Waals surface area contributed by atoms with Crippen molar-refractivity contribution in [1.29, 1.82) is 0 Å². The summed E-state index contributed by atoms with van der Waals surface area (Å²) < 4.78 is 5.53. The topological polar surface area (TPSA) is 49.9 Å². The number of rotatable bonds is 4. The molecule has 3 rings (SSSR count). The summed E-state index contributed by atoms with van der Waals surface area (Å²) in [6.45, 7) is 2.11. The predicted octanol–water partition coefficient (Wildman–Crippen LogP) is 2.29. The van der Waals surface area contributed by atoms with Crippen molar-refractivity contribution in [2.45, 2.75) is 18.9 Å². The van der Waals surface area contributed by atoms with E-state index in [9.17, 15) is 9.59 Å². The van der Waals surface area contributed by atoms with Gasteiger partial charge in [0, 0.05) is 36.2 Å². The first-order chi connectivity index (χ1) is 11.6. The monoisotopic (exact) mass is 368 g/mol. The first kappa shape index (κ1) is 17.4. The third kappa shape index (κ3) is 4.16. The molecule has 24 heavy (non-hydrogen) atoms. The maximum absolute atomic E-state index is 12.7. The van der Waals surface area contributed by atoms with Gasteiger partial charge in [0.25, 0.3) is 5.91 Å². The number of hydrogen-bond donors (Lipinski definition) is 0. The zero-order chi connectivity index (χ0) is 16.9. The van der Waals surface area contributed by atoms with Gasteiger partial charge in [0.15, 0.2) is 6.61 Å². The summed E-state index contributed by atoms with van der Waals surface area (Å²) in [5.41, 5.74) is 0. The molecule has 130 valence electrons. The van der Waals surface area contributed by atoms with Crippen LogP contribution in [-0.2, 0) is 9.59 Å². The number of halogens is 1. The number of benzene rings is 1.